The van der Waals surface area contributed by atoms with Gasteiger partial charge in [0.2, 0.25) is 5.91 Å². The van der Waals surface area contributed by atoms with Gasteiger partial charge < -0.3 is 15.1 Å². The summed E-state index contributed by atoms with van der Waals surface area (Å²) in [6.45, 7) is 0.561. The van der Waals surface area contributed by atoms with Crippen LogP contribution in [0.4, 0.5) is 0 Å². The highest BCUT2D eigenvalue weighted by Crippen LogP contribution is 2.21. The van der Waals surface area contributed by atoms with Crippen molar-refractivity contribution in [2.45, 2.75) is 24.9 Å². The van der Waals surface area contributed by atoms with E-state index in [0.717, 1.165) is 12.0 Å². The smallest absolute Gasteiger partial charge is 0.227 e. The number of hydrogen-bond donors (Lipinski definition) is 2. The van der Waals surface area contributed by atoms with E-state index in [1.807, 2.05) is 0 Å². The number of likely N-dealkylation sites (tertiary alicyclic amines) is 1. The first kappa shape index (κ1) is 13.0. The van der Waals surface area contributed by atoms with Gasteiger partial charge in [-0.2, -0.15) is 0 Å². The lowest BCUT2D eigenvalue weighted by atomic mass is 9.93. The highest BCUT2D eigenvalue weighted by Gasteiger charge is 2.34. The summed E-state index contributed by atoms with van der Waals surface area (Å²) in [7, 11) is 0. The van der Waals surface area contributed by atoms with Gasteiger partial charge in [-0.1, -0.05) is 0 Å². The fraction of sp³-hybridized carbons (Fsp3) is 0.538. The van der Waals surface area contributed by atoms with Crippen LogP contribution >= 0.6 is 0 Å². The summed E-state index contributed by atoms with van der Waals surface area (Å²) in [6.07, 6.45) is 4.89. The van der Waals surface area contributed by atoms with Crippen LogP contribution in [0.3, 0.4) is 0 Å². The van der Waals surface area contributed by atoms with E-state index in [-0.39, 0.29) is 19.1 Å². The van der Waals surface area contributed by atoms with Crippen LogP contribution in [0, 0.1) is 0 Å². The van der Waals surface area contributed by atoms with Crippen molar-refractivity contribution >= 4 is 5.91 Å². The normalized spacial score (nSPS) is 24.0. The van der Waals surface area contributed by atoms with Gasteiger partial charge in [0.1, 0.15) is 5.60 Å². The van der Waals surface area contributed by atoms with Crippen molar-refractivity contribution in [3.05, 3.63) is 30.1 Å². The highest BCUT2D eigenvalue weighted by atomic mass is 16.3. The summed E-state index contributed by atoms with van der Waals surface area (Å²) in [5.41, 5.74) is -0.222. The summed E-state index contributed by atoms with van der Waals surface area (Å²) in [5, 5.41) is 19.2. The maximum atomic E-state index is 12.1. The molecule has 98 valence electrons. The molecule has 5 nitrogen and oxygen atoms in total. The van der Waals surface area contributed by atoms with Crippen LogP contribution in [0.1, 0.15) is 18.4 Å². The lowest BCUT2D eigenvalue weighted by molar-refractivity contribution is -0.139. The molecule has 1 aliphatic rings. The Hall–Kier alpha value is -1.46. The van der Waals surface area contributed by atoms with Crippen LogP contribution in [0.15, 0.2) is 24.5 Å². The predicted molar refractivity (Wildman–Crippen MR) is 65.8 cm³/mol. The Kier molecular flexibility index (Phi) is 3.93. The van der Waals surface area contributed by atoms with E-state index in [0.29, 0.717) is 19.4 Å². The molecule has 2 heterocycles. The molecule has 1 aromatic heterocycles. The topological polar surface area (TPSA) is 73.7 Å². The van der Waals surface area contributed by atoms with Gasteiger partial charge in [0.05, 0.1) is 19.6 Å². The number of amides is 1. The number of piperidine rings is 1. The SMILES string of the molecule is O=C(Cc1ccncc1)N1CCC[C@@](O)(CO)C1. The van der Waals surface area contributed by atoms with Crippen LogP contribution in [-0.4, -0.2) is 51.3 Å². The van der Waals surface area contributed by atoms with Crippen molar-refractivity contribution in [2.75, 3.05) is 19.7 Å². The Morgan fingerprint density at radius 2 is 2.17 bits per heavy atom. The first-order chi connectivity index (χ1) is 8.63. The van der Waals surface area contributed by atoms with Crippen molar-refractivity contribution < 1.29 is 15.0 Å². The minimum absolute atomic E-state index is 0.0206. The number of hydrogen-bond acceptors (Lipinski definition) is 4. The number of aliphatic hydroxyl groups excluding tert-OH is 1. The second kappa shape index (κ2) is 5.46. The maximum Gasteiger partial charge on any atom is 0.227 e. The fourth-order valence-corrected chi connectivity index (χ4v) is 2.24. The van der Waals surface area contributed by atoms with E-state index in [9.17, 15) is 9.90 Å². The zero-order chi connectivity index (χ0) is 13.0. The molecule has 18 heavy (non-hydrogen) atoms. The number of pyridine rings is 1. The molecule has 0 saturated carbocycles. The third kappa shape index (κ3) is 3.05. The molecule has 1 atom stereocenters. The first-order valence-electron chi connectivity index (χ1n) is 6.13. The van der Waals surface area contributed by atoms with Gasteiger partial charge in [-0.05, 0) is 30.5 Å². The van der Waals surface area contributed by atoms with E-state index in [1.54, 1.807) is 29.4 Å². The van der Waals surface area contributed by atoms with Gasteiger partial charge in [-0.15, -0.1) is 0 Å². The van der Waals surface area contributed by atoms with Gasteiger partial charge in [-0.3, -0.25) is 9.78 Å². The molecule has 0 aromatic carbocycles. The van der Waals surface area contributed by atoms with Gasteiger partial charge in [0.15, 0.2) is 0 Å². The van der Waals surface area contributed by atoms with Crippen molar-refractivity contribution in [3.8, 4) is 0 Å². The Morgan fingerprint density at radius 1 is 1.44 bits per heavy atom. The largest absolute Gasteiger partial charge is 0.393 e. The number of carbonyl (C=O) groups excluding carboxylic acids is 1. The summed E-state index contributed by atoms with van der Waals surface area (Å²) < 4.78 is 0. The van der Waals surface area contributed by atoms with Crippen molar-refractivity contribution in [2.24, 2.45) is 0 Å². The predicted octanol–water partition coefficient (Wildman–Crippen LogP) is -0.0301. The molecular weight excluding hydrogens is 232 g/mol. The van der Waals surface area contributed by atoms with Crippen LogP contribution in [0.2, 0.25) is 0 Å². The number of aliphatic hydroxyl groups is 2. The molecule has 1 aromatic rings. The van der Waals surface area contributed by atoms with Crippen molar-refractivity contribution in [1.29, 1.82) is 0 Å². The van der Waals surface area contributed by atoms with Gasteiger partial charge in [0.25, 0.3) is 0 Å². The van der Waals surface area contributed by atoms with Crippen LogP contribution < -0.4 is 0 Å². The molecule has 1 amide bonds. The lowest BCUT2D eigenvalue weighted by Gasteiger charge is -2.38. The van der Waals surface area contributed by atoms with E-state index in [4.69, 9.17) is 5.11 Å². The van der Waals surface area contributed by atoms with E-state index in [1.165, 1.54) is 0 Å². The average molecular weight is 250 g/mol. The van der Waals surface area contributed by atoms with Crippen LogP contribution in [-0.2, 0) is 11.2 Å². The molecule has 0 unspecified atom stereocenters. The summed E-state index contributed by atoms with van der Waals surface area (Å²) in [4.78, 5) is 17.6. The molecule has 0 aliphatic carbocycles. The van der Waals surface area contributed by atoms with Crippen LogP contribution in [0.5, 0.6) is 0 Å². The number of nitrogens with zero attached hydrogens (tertiary/aromatic N) is 2. The molecule has 5 heteroatoms. The summed E-state index contributed by atoms with van der Waals surface area (Å²) >= 11 is 0. The maximum absolute atomic E-state index is 12.1. The third-order valence-electron chi connectivity index (χ3n) is 3.31. The summed E-state index contributed by atoms with van der Waals surface area (Å²) in [6, 6.07) is 3.61. The molecule has 1 aliphatic heterocycles. The minimum Gasteiger partial charge on any atom is -0.393 e. The third-order valence-corrected chi connectivity index (χ3v) is 3.31. The van der Waals surface area contributed by atoms with Gasteiger partial charge in [0, 0.05) is 18.9 Å². The standard InChI is InChI=1S/C13H18N2O3/c16-10-13(18)4-1-7-15(9-13)12(17)8-11-2-5-14-6-3-11/h2-3,5-6,16,18H,1,4,7-10H2/t13-/m0/s1. The molecule has 1 fully saturated rings. The number of aromatic nitrogens is 1. The quantitative estimate of drug-likeness (QED) is 0.790. The van der Waals surface area contributed by atoms with Crippen molar-refractivity contribution in [3.63, 3.8) is 0 Å². The highest BCUT2D eigenvalue weighted by molar-refractivity contribution is 5.78. The number of rotatable bonds is 3. The zero-order valence-electron chi connectivity index (χ0n) is 10.2. The molecule has 0 bridgehead atoms. The Labute approximate surface area is 106 Å². The lowest BCUT2D eigenvalue weighted by Crippen LogP contribution is -2.52. The monoisotopic (exact) mass is 250 g/mol. The molecule has 0 radical (unpaired) electrons. The average Bonchev–Trinajstić information content (AvgIpc) is 2.40. The van der Waals surface area contributed by atoms with E-state index < -0.39 is 5.60 Å². The first-order valence-corrected chi connectivity index (χ1v) is 6.13. The van der Waals surface area contributed by atoms with Gasteiger partial charge in [-0.25, -0.2) is 0 Å². The second-order valence-corrected chi connectivity index (χ2v) is 4.83. The second-order valence-electron chi connectivity index (χ2n) is 4.83. The number of β-amino-alcohol motifs (C(OH)–C–C–N with tert-alkyl or cyclic N) is 1. The molecule has 0 spiro atoms. The molecule has 2 rings (SSSR count). The Balaban J connectivity index is 1.97. The van der Waals surface area contributed by atoms with Crippen molar-refractivity contribution in [1.82, 2.24) is 9.88 Å². The van der Waals surface area contributed by atoms with E-state index >= 15 is 0 Å². The zero-order valence-corrected chi connectivity index (χ0v) is 10.2. The molecule has 2 N–H and O–H groups in total. The number of carbonyl (C=O) groups is 1. The summed E-state index contributed by atoms with van der Waals surface area (Å²) in [5.74, 6) is -0.0206. The Morgan fingerprint density at radius 3 is 2.83 bits per heavy atom. The molecular formula is C13H18N2O3. The van der Waals surface area contributed by atoms with Gasteiger partial charge >= 0.3 is 0 Å². The fourth-order valence-electron chi connectivity index (χ4n) is 2.24. The minimum atomic E-state index is -1.13. The van der Waals surface area contributed by atoms with Crippen LogP contribution in [0.25, 0.3) is 0 Å². The Bertz CT molecular complexity index is 410. The van der Waals surface area contributed by atoms with E-state index in [2.05, 4.69) is 4.98 Å². The molecule has 1 saturated heterocycles.